The molecule has 1 aromatic carbocycles. The topological polar surface area (TPSA) is 74.2 Å². The van der Waals surface area contributed by atoms with Gasteiger partial charge in [-0.2, -0.15) is 11.8 Å². The highest BCUT2D eigenvalue weighted by atomic mass is 127. The zero-order valence-electron chi connectivity index (χ0n) is 17.5. The van der Waals surface area contributed by atoms with Crippen LogP contribution in [0.1, 0.15) is 12.0 Å². The van der Waals surface area contributed by atoms with Crippen LogP contribution in [0.15, 0.2) is 35.3 Å². The molecule has 0 amide bonds. The van der Waals surface area contributed by atoms with E-state index in [0.29, 0.717) is 32.2 Å². The summed E-state index contributed by atoms with van der Waals surface area (Å²) in [6.45, 7) is 4.78. The van der Waals surface area contributed by atoms with Gasteiger partial charge in [-0.1, -0.05) is 30.3 Å². The minimum Gasteiger partial charge on any atom is -0.376 e. The lowest BCUT2D eigenvalue weighted by Gasteiger charge is -2.26. The number of nitrogens with zero attached hydrogens (tertiary/aromatic N) is 3. The second-order valence-electron chi connectivity index (χ2n) is 7.40. The Hall–Kier alpha value is -0.560. The van der Waals surface area contributed by atoms with Gasteiger partial charge in [0.2, 0.25) is 10.0 Å². The Morgan fingerprint density at radius 2 is 1.97 bits per heavy atom. The van der Waals surface area contributed by atoms with E-state index in [0.717, 1.165) is 43.6 Å². The molecule has 1 N–H and O–H groups in total. The molecule has 1 atom stereocenters. The van der Waals surface area contributed by atoms with Gasteiger partial charge in [0, 0.05) is 57.2 Å². The quantitative estimate of drug-likeness (QED) is 0.294. The van der Waals surface area contributed by atoms with Crippen molar-refractivity contribution < 1.29 is 13.2 Å². The summed E-state index contributed by atoms with van der Waals surface area (Å²) in [4.78, 5) is 6.54. The van der Waals surface area contributed by atoms with E-state index in [1.54, 1.807) is 11.4 Å². The van der Waals surface area contributed by atoms with E-state index in [4.69, 9.17) is 4.74 Å². The van der Waals surface area contributed by atoms with Crippen LogP contribution in [0.3, 0.4) is 0 Å². The molecule has 0 bridgehead atoms. The summed E-state index contributed by atoms with van der Waals surface area (Å²) in [6.07, 6.45) is 1.05. The van der Waals surface area contributed by atoms with Gasteiger partial charge in [-0.15, -0.1) is 24.0 Å². The zero-order valence-corrected chi connectivity index (χ0v) is 21.5. The lowest BCUT2D eigenvalue weighted by molar-refractivity contribution is 0.0907. The SMILES string of the molecule is CN=C(NCCS(=O)(=O)N1CCSCC1)N1CCC(COCc2ccccc2)C1.I. The molecule has 2 saturated heterocycles. The van der Waals surface area contributed by atoms with Crippen molar-refractivity contribution in [2.24, 2.45) is 10.9 Å². The minimum absolute atomic E-state index is 0. The van der Waals surface area contributed by atoms with E-state index < -0.39 is 10.0 Å². The van der Waals surface area contributed by atoms with Gasteiger partial charge in [0.1, 0.15) is 0 Å². The number of halogens is 1. The Morgan fingerprint density at radius 1 is 1.23 bits per heavy atom. The number of guanidine groups is 1. The van der Waals surface area contributed by atoms with Crippen molar-refractivity contribution in [2.45, 2.75) is 13.0 Å². The van der Waals surface area contributed by atoms with Crippen molar-refractivity contribution in [2.75, 3.05) is 63.6 Å². The van der Waals surface area contributed by atoms with E-state index in [2.05, 4.69) is 27.3 Å². The third kappa shape index (κ3) is 7.85. The highest BCUT2D eigenvalue weighted by Crippen LogP contribution is 2.17. The first-order valence-corrected chi connectivity index (χ1v) is 13.0. The molecule has 0 aromatic heterocycles. The van der Waals surface area contributed by atoms with Gasteiger partial charge in [0.15, 0.2) is 5.96 Å². The van der Waals surface area contributed by atoms with Crippen molar-refractivity contribution in [3.05, 3.63) is 35.9 Å². The van der Waals surface area contributed by atoms with Gasteiger partial charge >= 0.3 is 0 Å². The molecule has 0 radical (unpaired) electrons. The Bertz CT molecular complexity index is 759. The van der Waals surface area contributed by atoms with Crippen molar-refractivity contribution in [3.8, 4) is 0 Å². The maximum atomic E-state index is 12.5. The highest BCUT2D eigenvalue weighted by Gasteiger charge is 2.26. The number of ether oxygens (including phenoxy) is 1. The monoisotopic (exact) mass is 568 g/mol. The molecular weight excluding hydrogens is 535 g/mol. The molecule has 1 aromatic rings. The number of nitrogens with one attached hydrogen (secondary N) is 1. The molecule has 2 aliphatic rings. The molecular formula is C20H33IN4O3S2. The number of thioether (sulfide) groups is 1. The van der Waals surface area contributed by atoms with E-state index in [1.807, 2.05) is 30.0 Å². The predicted octanol–water partition coefficient (Wildman–Crippen LogP) is 2.10. The molecule has 10 heteroatoms. The first kappa shape index (κ1) is 25.7. The number of sulfonamides is 1. The number of benzene rings is 1. The summed E-state index contributed by atoms with van der Waals surface area (Å²) in [6, 6.07) is 10.2. The lowest BCUT2D eigenvalue weighted by atomic mass is 10.1. The fourth-order valence-corrected chi connectivity index (χ4v) is 6.15. The molecule has 2 aliphatic heterocycles. The second kappa shape index (κ2) is 13.1. The fraction of sp³-hybridized carbons (Fsp3) is 0.650. The molecule has 2 heterocycles. The average Bonchev–Trinajstić information content (AvgIpc) is 3.21. The van der Waals surface area contributed by atoms with Crippen molar-refractivity contribution in [1.29, 1.82) is 0 Å². The molecule has 170 valence electrons. The van der Waals surface area contributed by atoms with Gasteiger partial charge < -0.3 is 15.0 Å². The van der Waals surface area contributed by atoms with Crippen LogP contribution in [0.5, 0.6) is 0 Å². The molecule has 7 nitrogen and oxygen atoms in total. The first-order valence-electron chi connectivity index (χ1n) is 10.2. The number of hydrogen-bond acceptors (Lipinski definition) is 5. The first-order chi connectivity index (χ1) is 14.1. The van der Waals surface area contributed by atoms with E-state index in [9.17, 15) is 8.42 Å². The Labute approximate surface area is 202 Å². The van der Waals surface area contributed by atoms with Crippen molar-refractivity contribution in [1.82, 2.24) is 14.5 Å². The fourth-order valence-electron chi connectivity index (χ4n) is 3.66. The highest BCUT2D eigenvalue weighted by molar-refractivity contribution is 14.0. The molecule has 0 aliphatic carbocycles. The number of hydrogen-bond donors (Lipinski definition) is 1. The van der Waals surface area contributed by atoms with Gasteiger partial charge in [-0.25, -0.2) is 12.7 Å². The van der Waals surface area contributed by atoms with Gasteiger partial charge in [-0.3, -0.25) is 4.99 Å². The zero-order chi connectivity index (χ0) is 20.5. The molecule has 3 rings (SSSR count). The average molecular weight is 569 g/mol. The predicted molar refractivity (Wildman–Crippen MR) is 135 cm³/mol. The number of likely N-dealkylation sites (tertiary alicyclic amines) is 1. The number of aliphatic imine (C=N–C) groups is 1. The minimum atomic E-state index is -3.20. The van der Waals surface area contributed by atoms with Crippen LogP contribution >= 0.6 is 35.7 Å². The normalized spacial score (nSPS) is 20.8. The Kier molecular flexibility index (Phi) is 11.2. The third-order valence-electron chi connectivity index (χ3n) is 5.27. The summed E-state index contributed by atoms with van der Waals surface area (Å²) >= 11 is 1.81. The maximum Gasteiger partial charge on any atom is 0.215 e. The van der Waals surface area contributed by atoms with Crippen LogP contribution in [-0.4, -0.2) is 87.2 Å². The molecule has 0 spiro atoms. The van der Waals surface area contributed by atoms with Crippen LogP contribution in [0.25, 0.3) is 0 Å². The van der Waals surface area contributed by atoms with Crippen molar-refractivity contribution in [3.63, 3.8) is 0 Å². The molecule has 0 saturated carbocycles. The van der Waals surface area contributed by atoms with Gasteiger partial charge in [0.05, 0.1) is 19.0 Å². The van der Waals surface area contributed by atoms with Crippen LogP contribution < -0.4 is 5.32 Å². The number of rotatable bonds is 8. The van der Waals surface area contributed by atoms with E-state index in [1.165, 1.54) is 5.56 Å². The van der Waals surface area contributed by atoms with Crippen LogP contribution in [0.2, 0.25) is 0 Å². The van der Waals surface area contributed by atoms with Gasteiger partial charge in [0.25, 0.3) is 0 Å². The smallest absolute Gasteiger partial charge is 0.215 e. The molecule has 2 fully saturated rings. The van der Waals surface area contributed by atoms with E-state index >= 15 is 0 Å². The second-order valence-corrected chi connectivity index (χ2v) is 10.7. The standard InChI is InChI=1S/C20H32N4O3S2.HI/c1-21-20(22-8-14-29(25,26)24-10-12-28-13-11-24)23-9-7-19(15-23)17-27-16-18-5-3-2-4-6-18;/h2-6,19H,7-17H2,1H3,(H,21,22);1H. The summed E-state index contributed by atoms with van der Waals surface area (Å²) in [5.41, 5.74) is 1.19. The van der Waals surface area contributed by atoms with Crippen LogP contribution in [0.4, 0.5) is 0 Å². The van der Waals surface area contributed by atoms with E-state index in [-0.39, 0.29) is 29.7 Å². The lowest BCUT2D eigenvalue weighted by Crippen LogP contribution is -2.45. The summed E-state index contributed by atoms with van der Waals surface area (Å²) in [5, 5.41) is 3.23. The third-order valence-corrected chi connectivity index (χ3v) is 8.08. The molecule has 30 heavy (non-hydrogen) atoms. The van der Waals surface area contributed by atoms with Gasteiger partial charge in [-0.05, 0) is 12.0 Å². The largest absolute Gasteiger partial charge is 0.376 e. The van der Waals surface area contributed by atoms with Crippen LogP contribution in [-0.2, 0) is 21.4 Å². The summed E-state index contributed by atoms with van der Waals surface area (Å²) in [7, 11) is -1.45. The Morgan fingerprint density at radius 3 is 2.67 bits per heavy atom. The Balaban J connectivity index is 0.00000320. The van der Waals surface area contributed by atoms with Crippen LogP contribution in [0, 0.1) is 5.92 Å². The summed E-state index contributed by atoms with van der Waals surface area (Å²) in [5.74, 6) is 3.12. The molecule has 1 unspecified atom stereocenters. The summed E-state index contributed by atoms with van der Waals surface area (Å²) < 4.78 is 32.4. The maximum absolute atomic E-state index is 12.5. The van der Waals surface area contributed by atoms with Crippen molar-refractivity contribution >= 4 is 51.7 Å².